The van der Waals surface area contributed by atoms with Gasteiger partial charge >= 0.3 is 29.6 Å². The van der Waals surface area contributed by atoms with E-state index in [1.165, 1.54) is 13.2 Å². The molecule has 0 heterocycles. The third-order valence-electron chi connectivity index (χ3n) is 4.14. The van der Waals surface area contributed by atoms with Crippen LogP contribution in [0, 0.1) is 11.3 Å². The van der Waals surface area contributed by atoms with Gasteiger partial charge in [0, 0.05) is 28.7 Å². The van der Waals surface area contributed by atoms with Crippen molar-refractivity contribution in [2.24, 2.45) is 0 Å². The molecule has 0 aliphatic rings. The number of ether oxygens (including phenoxy) is 1. The molecule has 3 aromatic rings. The van der Waals surface area contributed by atoms with Crippen LogP contribution in [0.3, 0.4) is 0 Å². The van der Waals surface area contributed by atoms with Crippen molar-refractivity contribution in [2.75, 3.05) is 12.0 Å². The van der Waals surface area contributed by atoms with Crippen molar-refractivity contribution >= 4 is 29.1 Å². The molecule has 0 aliphatic heterocycles. The summed E-state index contributed by atoms with van der Waals surface area (Å²) in [5.41, 5.74) is 2.78. The smallest absolute Gasteiger partial charge is 0.544 e. The molecule has 0 saturated carbocycles. The monoisotopic (exact) mass is 392 g/mol. The summed E-state index contributed by atoms with van der Waals surface area (Å²) in [6.45, 7) is 0. The van der Waals surface area contributed by atoms with E-state index in [9.17, 15) is 9.90 Å². The van der Waals surface area contributed by atoms with E-state index in [0.717, 1.165) is 17.1 Å². The fraction of sp³-hybridized carbons (Fsp3) is 0.0435. The minimum Gasteiger partial charge on any atom is -0.544 e. The number of carbonyl (C=O) groups excluding carboxylic acids is 1. The van der Waals surface area contributed by atoms with Crippen LogP contribution >= 0.6 is 0 Å². The molecule has 3 rings (SSSR count). The van der Waals surface area contributed by atoms with Gasteiger partial charge in [0.25, 0.3) is 0 Å². The van der Waals surface area contributed by atoms with E-state index < -0.39 is 11.5 Å². The molecule has 0 N–H and O–H groups in total. The summed E-state index contributed by atoms with van der Waals surface area (Å²) < 4.78 is 5.44. The standard InChI is InChI=1S/C23H18N2O3.Na/c1-28-22-15-21(13-12-17(22)14-18(16-24)23(26)27)25(19-8-4-2-5-9-19)20-10-6-3-7-11-20;/h2-15H,1H3,(H,26,27);/q;+1/p-1. The van der Waals surface area contributed by atoms with E-state index in [0.29, 0.717) is 11.3 Å². The van der Waals surface area contributed by atoms with Crippen LogP contribution < -0.4 is 44.3 Å². The van der Waals surface area contributed by atoms with Crippen LogP contribution in [0.1, 0.15) is 5.56 Å². The number of aliphatic carboxylic acids is 1. The zero-order chi connectivity index (χ0) is 19.9. The number of rotatable bonds is 6. The van der Waals surface area contributed by atoms with Crippen molar-refractivity contribution in [1.29, 1.82) is 5.26 Å². The molecule has 0 aliphatic carbocycles. The number of carboxylic acid groups (broad SMARTS) is 1. The van der Waals surface area contributed by atoms with Crippen LogP contribution in [0.15, 0.2) is 84.4 Å². The average molecular weight is 392 g/mol. The number of benzene rings is 3. The molecule has 0 bridgehead atoms. The largest absolute Gasteiger partial charge is 1.00 e. The Hall–Kier alpha value is -3.04. The molecule has 6 heteroatoms. The van der Waals surface area contributed by atoms with Crippen LogP contribution in [0.25, 0.3) is 6.08 Å². The molecule has 0 aromatic heterocycles. The Morgan fingerprint density at radius 2 is 1.52 bits per heavy atom. The van der Waals surface area contributed by atoms with Crippen LogP contribution in [-0.2, 0) is 4.79 Å². The topological polar surface area (TPSA) is 76.4 Å². The summed E-state index contributed by atoms with van der Waals surface area (Å²) >= 11 is 0. The number of carbonyl (C=O) groups is 1. The second kappa shape index (κ2) is 10.5. The maximum atomic E-state index is 11.0. The number of hydrogen-bond acceptors (Lipinski definition) is 5. The molecular weight excluding hydrogens is 375 g/mol. The van der Waals surface area contributed by atoms with Crippen molar-refractivity contribution in [3.05, 3.63) is 90.0 Å². The van der Waals surface area contributed by atoms with E-state index in [2.05, 4.69) is 4.90 Å². The summed E-state index contributed by atoms with van der Waals surface area (Å²) in [5.74, 6) is -1.08. The Kier molecular flexibility index (Phi) is 8.05. The van der Waals surface area contributed by atoms with Gasteiger partial charge in [-0.1, -0.05) is 36.4 Å². The summed E-state index contributed by atoms with van der Waals surface area (Å²) in [6, 6.07) is 26.7. The van der Waals surface area contributed by atoms with Gasteiger partial charge in [0.15, 0.2) is 0 Å². The first kappa shape index (κ1) is 22.3. The number of nitrogens with zero attached hydrogens (tertiary/aromatic N) is 2. The minimum atomic E-state index is -1.52. The van der Waals surface area contributed by atoms with Gasteiger partial charge < -0.3 is 19.5 Å². The Labute approximate surface area is 191 Å². The molecule has 29 heavy (non-hydrogen) atoms. The Bertz CT molecular complexity index is 1010. The van der Waals surface area contributed by atoms with E-state index in [4.69, 9.17) is 10.00 Å². The first-order valence-corrected chi connectivity index (χ1v) is 8.55. The number of nitriles is 1. The van der Waals surface area contributed by atoms with Crippen LogP contribution in [0.5, 0.6) is 5.75 Å². The van der Waals surface area contributed by atoms with Crippen molar-refractivity contribution in [2.45, 2.75) is 0 Å². The molecule has 0 atom stereocenters. The molecule has 0 fully saturated rings. The maximum Gasteiger partial charge on any atom is 1.00 e. The first-order valence-electron chi connectivity index (χ1n) is 8.55. The molecule has 0 saturated heterocycles. The van der Waals surface area contributed by atoms with Crippen LogP contribution in [0.2, 0.25) is 0 Å². The molecule has 5 nitrogen and oxygen atoms in total. The summed E-state index contributed by atoms with van der Waals surface area (Å²) in [4.78, 5) is 13.1. The second-order valence-corrected chi connectivity index (χ2v) is 5.89. The van der Waals surface area contributed by atoms with E-state index in [1.807, 2.05) is 66.7 Å². The van der Waals surface area contributed by atoms with E-state index >= 15 is 0 Å². The summed E-state index contributed by atoms with van der Waals surface area (Å²) in [6.07, 6.45) is 1.24. The van der Waals surface area contributed by atoms with Crippen molar-refractivity contribution in [1.82, 2.24) is 0 Å². The van der Waals surface area contributed by atoms with Gasteiger partial charge in [0.2, 0.25) is 0 Å². The normalized spacial score (nSPS) is 10.4. The van der Waals surface area contributed by atoms with Crippen molar-refractivity contribution in [3.63, 3.8) is 0 Å². The Morgan fingerprint density at radius 3 is 1.97 bits per heavy atom. The maximum absolute atomic E-state index is 11.0. The van der Waals surface area contributed by atoms with Gasteiger partial charge in [-0.25, -0.2) is 0 Å². The van der Waals surface area contributed by atoms with Gasteiger partial charge in [-0.05, 0) is 42.5 Å². The Morgan fingerprint density at radius 1 is 0.966 bits per heavy atom. The van der Waals surface area contributed by atoms with E-state index in [1.54, 1.807) is 18.2 Å². The van der Waals surface area contributed by atoms with Gasteiger partial charge in [0.05, 0.1) is 18.7 Å². The second-order valence-electron chi connectivity index (χ2n) is 5.89. The van der Waals surface area contributed by atoms with Gasteiger partial charge in [-0.2, -0.15) is 5.26 Å². The predicted octanol–water partition coefficient (Wildman–Crippen LogP) is 0.826. The predicted molar refractivity (Wildman–Crippen MR) is 106 cm³/mol. The molecule has 0 radical (unpaired) electrons. The number of carboxylic acids is 1. The minimum absolute atomic E-state index is 0. The van der Waals surface area contributed by atoms with Crippen LogP contribution in [-0.4, -0.2) is 13.1 Å². The molecule has 0 unspecified atom stereocenters. The number of anilines is 3. The quantitative estimate of drug-likeness (QED) is 0.353. The third-order valence-corrected chi connectivity index (χ3v) is 4.14. The molecular formula is C23H17N2NaO3. The molecule has 138 valence electrons. The fourth-order valence-corrected chi connectivity index (χ4v) is 2.85. The SMILES string of the molecule is COc1cc(N(c2ccccc2)c2ccccc2)ccc1C=C(C#N)C(=O)[O-].[Na+]. The number of hydrogen-bond donors (Lipinski definition) is 0. The van der Waals surface area contributed by atoms with Crippen molar-refractivity contribution < 1.29 is 44.2 Å². The van der Waals surface area contributed by atoms with Crippen molar-refractivity contribution in [3.8, 4) is 11.8 Å². The zero-order valence-electron chi connectivity index (χ0n) is 16.2. The summed E-state index contributed by atoms with van der Waals surface area (Å²) in [5, 5.41) is 20.0. The fourth-order valence-electron chi connectivity index (χ4n) is 2.85. The van der Waals surface area contributed by atoms with Gasteiger partial charge in [-0.3, -0.25) is 0 Å². The Balaban J connectivity index is 0.00000300. The number of para-hydroxylation sites is 2. The number of methoxy groups -OCH3 is 1. The first-order chi connectivity index (χ1) is 13.6. The molecule has 0 amide bonds. The zero-order valence-corrected chi connectivity index (χ0v) is 18.2. The molecule has 0 spiro atoms. The summed E-state index contributed by atoms with van der Waals surface area (Å²) in [7, 11) is 1.50. The molecule has 3 aromatic carbocycles. The van der Waals surface area contributed by atoms with Gasteiger partial charge in [0.1, 0.15) is 11.8 Å². The van der Waals surface area contributed by atoms with Crippen LogP contribution in [0.4, 0.5) is 17.1 Å². The third kappa shape index (κ3) is 5.27. The average Bonchev–Trinajstić information content (AvgIpc) is 2.74. The van der Waals surface area contributed by atoms with E-state index in [-0.39, 0.29) is 29.6 Å². The van der Waals surface area contributed by atoms with Gasteiger partial charge in [-0.15, -0.1) is 0 Å².